The number of aryl methyl sites for hydroxylation is 1. The van der Waals surface area contributed by atoms with E-state index in [2.05, 4.69) is 19.1 Å². The molecule has 0 bridgehead atoms. The van der Waals surface area contributed by atoms with Crippen molar-refractivity contribution >= 4 is 11.7 Å². The average Bonchev–Trinajstić information content (AvgIpc) is 2.77. The molecule has 1 heterocycles. The van der Waals surface area contributed by atoms with Gasteiger partial charge < -0.3 is 9.64 Å². The lowest BCUT2D eigenvalue weighted by Gasteiger charge is -2.31. The molecule has 0 aromatic heterocycles. The maximum atomic E-state index is 12.8. The number of ketones is 1. The molecule has 3 rings (SSSR count). The van der Waals surface area contributed by atoms with E-state index in [1.54, 1.807) is 19.2 Å². The topological polar surface area (TPSA) is 46.6 Å². The van der Waals surface area contributed by atoms with Crippen LogP contribution in [0.25, 0.3) is 0 Å². The Kier molecular flexibility index (Phi) is 6.85. The fraction of sp³-hybridized carbons (Fsp3) is 0.417. The number of methoxy groups -OCH3 is 1. The molecule has 0 radical (unpaired) electrons. The molecule has 0 aliphatic carbocycles. The van der Waals surface area contributed by atoms with Gasteiger partial charge in [0, 0.05) is 24.6 Å². The number of hydrogen-bond donors (Lipinski definition) is 0. The van der Waals surface area contributed by atoms with Crippen molar-refractivity contribution in [1.29, 1.82) is 0 Å². The SMILES string of the molecule is CCCCc1ccc(C(=O)C2CCN(C(=O)c3ccccc3OC)CC2)cc1. The van der Waals surface area contributed by atoms with E-state index in [-0.39, 0.29) is 17.6 Å². The molecule has 0 saturated carbocycles. The lowest BCUT2D eigenvalue weighted by atomic mass is 9.88. The van der Waals surface area contributed by atoms with Gasteiger partial charge in [0.25, 0.3) is 5.91 Å². The van der Waals surface area contributed by atoms with E-state index in [9.17, 15) is 9.59 Å². The third kappa shape index (κ3) is 4.61. The molecule has 148 valence electrons. The van der Waals surface area contributed by atoms with E-state index in [0.717, 1.165) is 12.0 Å². The molecular weight excluding hydrogens is 350 g/mol. The first kappa shape index (κ1) is 20.1. The smallest absolute Gasteiger partial charge is 0.257 e. The zero-order chi connectivity index (χ0) is 19.9. The molecule has 28 heavy (non-hydrogen) atoms. The number of para-hydroxylation sites is 1. The van der Waals surface area contributed by atoms with Crippen molar-refractivity contribution < 1.29 is 14.3 Å². The van der Waals surface area contributed by atoms with Gasteiger partial charge in [0.1, 0.15) is 5.75 Å². The number of benzene rings is 2. The molecule has 1 fully saturated rings. The third-order valence-corrected chi connectivity index (χ3v) is 5.55. The highest BCUT2D eigenvalue weighted by atomic mass is 16.5. The van der Waals surface area contributed by atoms with E-state index in [1.165, 1.54) is 18.4 Å². The second-order valence-corrected chi connectivity index (χ2v) is 7.43. The lowest BCUT2D eigenvalue weighted by molar-refractivity contribution is 0.0647. The molecule has 1 aliphatic heterocycles. The summed E-state index contributed by atoms with van der Waals surface area (Å²) in [6.45, 7) is 3.38. The third-order valence-electron chi connectivity index (χ3n) is 5.55. The highest BCUT2D eigenvalue weighted by Gasteiger charge is 2.29. The Morgan fingerprint density at radius 1 is 1.04 bits per heavy atom. The fourth-order valence-electron chi connectivity index (χ4n) is 3.79. The minimum absolute atomic E-state index is 0.0109. The van der Waals surface area contributed by atoms with Crippen molar-refractivity contribution in [2.24, 2.45) is 5.92 Å². The van der Waals surface area contributed by atoms with Gasteiger partial charge in [0.2, 0.25) is 0 Å². The van der Waals surface area contributed by atoms with Crippen molar-refractivity contribution in [2.45, 2.75) is 39.0 Å². The fourth-order valence-corrected chi connectivity index (χ4v) is 3.79. The van der Waals surface area contributed by atoms with Crippen molar-refractivity contribution in [2.75, 3.05) is 20.2 Å². The van der Waals surface area contributed by atoms with Crippen LogP contribution >= 0.6 is 0 Å². The normalized spacial score (nSPS) is 14.7. The van der Waals surface area contributed by atoms with Gasteiger partial charge in [-0.2, -0.15) is 0 Å². The van der Waals surface area contributed by atoms with Gasteiger partial charge in [0.05, 0.1) is 12.7 Å². The maximum absolute atomic E-state index is 12.8. The predicted octanol–water partition coefficient (Wildman–Crippen LogP) is 4.77. The van der Waals surface area contributed by atoms with Crippen LogP contribution in [-0.2, 0) is 6.42 Å². The van der Waals surface area contributed by atoms with Crippen molar-refractivity contribution in [3.63, 3.8) is 0 Å². The zero-order valence-corrected chi connectivity index (χ0v) is 16.8. The summed E-state index contributed by atoms with van der Waals surface area (Å²) >= 11 is 0. The Labute approximate surface area is 167 Å². The zero-order valence-electron chi connectivity index (χ0n) is 16.8. The number of Topliss-reactive ketones (excluding diaryl/α,β-unsaturated/α-hetero) is 1. The summed E-state index contributed by atoms with van der Waals surface area (Å²) in [5.74, 6) is 0.757. The highest BCUT2D eigenvalue weighted by molar-refractivity contribution is 5.99. The Morgan fingerprint density at radius 3 is 2.36 bits per heavy atom. The van der Waals surface area contributed by atoms with E-state index >= 15 is 0 Å². The summed E-state index contributed by atoms with van der Waals surface area (Å²) in [6, 6.07) is 15.3. The number of piperidine rings is 1. The largest absolute Gasteiger partial charge is 0.496 e. The standard InChI is InChI=1S/C24H29NO3/c1-3-4-7-18-10-12-19(13-11-18)23(26)20-14-16-25(17-15-20)24(27)21-8-5-6-9-22(21)28-2/h5-6,8-13,20H,3-4,7,14-17H2,1-2H3. The average molecular weight is 380 g/mol. The Morgan fingerprint density at radius 2 is 1.71 bits per heavy atom. The van der Waals surface area contributed by atoms with E-state index in [4.69, 9.17) is 4.74 Å². The van der Waals surface area contributed by atoms with Gasteiger partial charge in [-0.15, -0.1) is 0 Å². The number of hydrogen-bond acceptors (Lipinski definition) is 3. The van der Waals surface area contributed by atoms with Gasteiger partial charge in [0.15, 0.2) is 5.78 Å². The lowest BCUT2D eigenvalue weighted by Crippen LogP contribution is -2.40. The van der Waals surface area contributed by atoms with E-state index in [0.29, 0.717) is 37.2 Å². The molecule has 4 heteroatoms. The predicted molar refractivity (Wildman–Crippen MR) is 111 cm³/mol. The minimum atomic E-state index is -0.0244. The molecule has 1 saturated heterocycles. The molecule has 0 spiro atoms. The summed E-state index contributed by atoms with van der Waals surface area (Å²) in [5.41, 5.74) is 2.66. The first-order chi connectivity index (χ1) is 13.6. The number of nitrogens with zero attached hydrogens (tertiary/aromatic N) is 1. The first-order valence-electron chi connectivity index (χ1n) is 10.2. The number of amides is 1. The summed E-state index contributed by atoms with van der Waals surface area (Å²) in [6.07, 6.45) is 4.82. The van der Waals surface area contributed by atoms with Crippen molar-refractivity contribution in [3.05, 3.63) is 65.2 Å². The van der Waals surface area contributed by atoms with E-state index in [1.807, 2.05) is 29.2 Å². The maximum Gasteiger partial charge on any atom is 0.257 e. The van der Waals surface area contributed by atoms with Gasteiger partial charge in [-0.05, 0) is 43.4 Å². The van der Waals surface area contributed by atoms with Gasteiger partial charge >= 0.3 is 0 Å². The Balaban J connectivity index is 1.58. The molecule has 2 aromatic rings. The van der Waals surface area contributed by atoms with Crippen LogP contribution in [-0.4, -0.2) is 36.8 Å². The minimum Gasteiger partial charge on any atom is -0.496 e. The number of carbonyl (C=O) groups is 2. The number of rotatable bonds is 7. The summed E-state index contributed by atoms with van der Waals surface area (Å²) in [5, 5.41) is 0. The Bertz CT molecular complexity index is 805. The second kappa shape index (κ2) is 9.54. The molecular formula is C24H29NO3. The number of carbonyl (C=O) groups excluding carboxylic acids is 2. The van der Waals surface area contributed by atoms with Gasteiger partial charge in [-0.3, -0.25) is 9.59 Å². The van der Waals surface area contributed by atoms with Crippen LogP contribution < -0.4 is 4.74 Å². The van der Waals surface area contributed by atoms with Crippen molar-refractivity contribution in [1.82, 2.24) is 4.90 Å². The molecule has 0 N–H and O–H groups in total. The molecule has 0 atom stereocenters. The van der Waals surface area contributed by atoms with Gasteiger partial charge in [-0.25, -0.2) is 0 Å². The van der Waals surface area contributed by atoms with E-state index < -0.39 is 0 Å². The molecule has 0 unspecified atom stereocenters. The second-order valence-electron chi connectivity index (χ2n) is 7.43. The van der Waals surface area contributed by atoms with Crippen LogP contribution in [0.3, 0.4) is 0 Å². The molecule has 2 aromatic carbocycles. The van der Waals surface area contributed by atoms with Gasteiger partial charge in [-0.1, -0.05) is 49.7 Å². The molecule has 1 aliphatic rings. The molecule has 4 nitrogen and oxygen atoms in total. The Hall–Kier alpha value is -2.62. The van der Waals surface area contributed by atoms with Crippen LogP contribution in [0.15, 0.2) is 48.5 Å². The van der Waals surface area contributed by atoms with Crippen LogP contribution in [0, 0.1) is 5.92 Å². The molecule has 1 amide bonds. The summed E-state index contributed by atoms with van der Waals surface area (Å²) < 4.78 is 5.31. The van der Waals surface area contributed by atoms with Crippen LogP contribution in [0.4, 0.5) is 0 Å². The van der Waals surface area contributed by atoms with Crippen LogP contribution in [0.5, 0.6) is 5.75 Å². The van der Waals surface area contributed by atoms with Crippen molar-refractivity contribution in [3.8, 4) is 5.75 Å². The first-order valence-corrected chi connectivity index (χ1v) is 10.2. The summed E-state index contributed by atoms with van der Waals surface area (Å²) in [7, 11) is 1.57. The van der Waals surface area contributed by atoms with Crippen LogP contribution in [0.2, 0.25) is 0 Å². The number of ether oxygens (including phenoxy) is 1. The number of likely N-dealkylation sites (tertiary alicyclic amines) is 1. The highest BCUT2D eigenvalue weighted by Crippen LogP contribution is 2.26. The monoisotopic (exact) mass is 379 g/mol. The number of unbranched alkanes of at least 4 members (excludes halogenated alkanes) is 1. The quantitative estimate of drug-likeness (QED) is 0.651. The summed E-state index contributed by atoms with van der Waals surface area (Å²) in [4.78, 5) is 27.5. The van der Waals surface area contributed by atoms with Crippen LogP contribution in [0.1, 0.15) is 58.9 Å².